The van der Waals surface area contributed by atoms with Gasteiger partial charge < -0.3 is 14.5 Å². The molecule has 0 saturated carbocycles. The van der Waals surface area contributed by atoms with Crippen molar-refractivity contribution >= 4 is 5.91 Å². The van der Waals surface area contributed by atoms with Crippen LogP contribution < -0.4 is 0 Å². The second-order valence-corrected chi connectivity index (χ2v) is 5.94. The third-order valence-corrected chi connectivity index (χ3v) is 4.18. The number of hydrogen-bond acceptors (Lipinski definition) is 3. The molecule has 4 heteroatoms. The minimum Gasteiger partial charge on any atom is -0.377 e. The van der Waals surface area contributed by atoms with Gasteiger partial charge in [0.15, 0.2) is 0 Å². The van der Waals surface area contributed by atoms with Crippen molar-refractivity contribution in [1.29, 1.82) is 0 Å². The van der Waals surface area contributed by atoms with Crippen molar-refractivity contribution in [2.45, 2.75) is 51.0 Å². The molecule has 2 aliphatic rings. The van der Waals surface area contributed by atoms with Crippen LogP contribution in [0.15, 0.2) is 0 Å². The number of piperidine rings is 1. The van der Waals surface area contributed by atoms with Gasteiger partial charge in [0.1, 0.15) is 0 Å². The van der Waals surface area contributed by atoms with E-state index in [4.69, 9.17) is 4.74 Å². The molecule has 1 atom stereocenters. The van der Waals surface area contributed by atoms with Gasteiger partial charge in [-0.2, -0.15) is 0 Å². The quantitative estimate of drug-likeness (QED) is 0.737. The zero-order valence-electron chi connectivity index (χ0n) is 12.3. The molecule has 0 bridgehead atoms. The van der Waals surface area contributed by atoms with Crippen LogP contribution in [0.5, 0.6) is 0 Å². The number of carbonyl (C=O) groups is 1. The molecular weight excluding hydrogens is 240 g/mol. The fourth-order valence-corrected chi connectivity index (χ4v) is 3.03. The van der Waals surface area contributed by atoms with Crippen molar-refractivity contribution in [2.75, 3.05) is 39.8 Å². The van der Waals surface area contributed by atoms with E-state index in [1.807, 2.05) is 4.90 Å². The number of carbonyl (C=O) groups excluding carboxylic acids is 1. The summed E-state index contributed by atoms with van der Waals surface area (Å²) < 4.78 is 5.63. The highest BCUT2D eigenvalue weighted by molar-refractivity contribution is 5.76. The summed E-state index contributed by atoms with van der Waals surface area (Å²) in [6.07, 6.45) is 8.14. The second kappa shape index (κ2) is 7.85. The van der Waals surface area contributed by atoms with E-state index in [1.54, 1.807) is 0 Å². The molecule has 1 amide bonds. The van der Waals surface area contributed by atoms with Crippen molar-refractivity contribution in [2.24, 2.45) is 0 Å². The van der Waals surface area contributed by atoms with Crippen LogP contribution in [0.2, 0.25) is 0 Å². The lowest BCUT2D eigenvalue weighted by Gasteiger charge is -2.27. The Bertz CT molecular complexity index is 271. The predicted molar refractivity (Wildman–Crippen MR) is 76.1 cm³/mol. The van der Waals surface area contributed by atoms with Crippen molar-refractivity contribution in [3.63, 3.8) is 0 Å². The molecule has 2 saturated heterocycles. The Labute approximate surface area is 117 Å². The van der Waals surface area contributed by atoms with Crippen LogP contribution in [0.25, 0.3) is 0 Å². The summed E-state index contributed by atoms with van der Waals surface area (Å²) in [5, 5.41) is 0. The van der Waals surface area contributed by atoms with Gasteiger partial charge >= 0.3 is 0 Å². The number of likely N-dealkylation sites (tertiary alicyclic amines) is 1. The molecule has 1 unspecified atom stereocenters. The molecular formula is C15H28N2O2. The molecule has 2 heterocycles. The minimum absolute atomic E-state index is 0.352. The first-order valence-corrected chi connectivity index (χ1v) is 7.83. The maximum atomic E-state index is 12.0. The SMILES string of the molecule is CN(CCCC(=O)N1CCCCC1)CC1CCCO1. The van der Waals surface area contributed by atoms with Gasteiger partial charge in [-0.3, -0.25) is 4.79 Å². The van der Waals surface area contributed by atoms with Gasteiger partial charge in [-0.1, -0.05) is 0 Å². The Morgan fingerprint density at radius 1 is 1.26 bits per heavy atom. The molecule has 2 aliphatic heterocycles. The summed E-state index contributed by atoms with van der Waals surface area (Å²) in [5.41, 5.74) is 0. The summed E-state index contributed by atoms with van der Waals surface area (Å²) in [6.45, 7) is 4.89. The summed E-state index contributed by atoms with van der Waals surface area (Å²) in [4.78, 5) is 16.4. The summed E-state index contributed by atoms with van der Waals surface area (Å²) in [5.74, 6) is 0.352. The first kappa shape index (κ1) is 14.8. The predicted octanol–water partition coefficient (Wildman–Crippen LogP) is 1.89. The Hall–Kier alpha value is -0.610. The van der Waals surface area contributed by atoms with E-state index < -0.39 is 0 Å². The van der Waals surface area contributed by atoms with Gasteiger partial charge in [0.2, 0.25) is 5.91 Å². The highest BCUT2D eigenvalue weighted by Gasteiger charge is 2.18. The average molecular weight is 268 g/mol. The topological polar surface area (TPSA) is 32.8 Å². The smallest absolute Gasteiger partial charge is 0.222 e. The fourth-order valence-electron chi connectivity index (χ4n) is 3.03. The lowest BCUT2D eigenvalue weighted by atomic mass is 10.1. The van der Waals surface area contributed by atoms with Gasteiger partial charge in [0, 0.05) is 32.7 Å². The van der Waals surface area contributed by atoms with E-state index in [0.29, 0.717) is 18.4 Å². The van der Waals surface area contributed by atoms with E-state index in [1.165, 1.54) is 32.1 Å². The van der Waals surface area contributed by atoms with Crippen LogP contribution in [-0.2, 0) is 9.53 Å². The van der Waals surface area contributed by atoms with E-state index >= 15 is 0 Å². The highest BCUT2D eigenvalue weighted by atomic mass is 16.5. The van der Waals surface area contributed by atoms with Gasteiger partial charge in [0.25, 0.3) is 0 Å². The number of likely N-dealkylation sites (N-methyl/N-ethyl adjacent to an activating group) is 1. The normalized spacial score (nSPS) is 24.1. The van der Waals surface area contributed by atoms with Gasteiger partial charge in [-0.05, 0) is 52.1 Å². The van der Waals surface area contributed by atoms with Crippen molar-refractivity contribution in [3.8, 4) is 0 Å². The Kier molecular flexibility index (Phi) is 6.11. The maximum Gasteiger partial charge on any atom is 0.222 e. The number of rotatable bonds is 6. The largest absolute Gasteiger partial charge is 0.377 e. The molecule has 110 valence electrons. The number of hydrogen-bond donors (Lipinski definition) is 0. The molecule has 0 spiro atoms. The lowest BCUT2D eigenvalue weighted by Crippen LogP contribution is -2.36. The molecule has 4 nitrogen and oxygen atoms in total. The summed E-state index contributed by atoms with van der Waals surface area (Å²) in [7, 11) is 2.13. The molecule has 0 aromatic rings. The van der Waals surface area contributed by atoms with Crippen LogP contribution in [-0.4, -0.2) is 61.6 Å². The molecule has 0 aliphatic carbocycles. The van der Waals surface area contributed by atoms with Crippen molar-refractivity contribution in [3.05, 3.63) is 0 Å². The third-order valence-electron chi connectivity index (χ3n) is 4.18. The molecule has 0 N–H and O–H groups in total. The monoisotopic (exact) mass is 268 g/mol. The standard InChI is InChI=1S/C15H28N2O2/c1-16(13-14-7-6-12-19-14)9-5-8-15(18)17-10-3-2-4-11-17/h14H,2-13H2,1H3. The number of amides is 1. The van der Waals surface area contributed by atoms with Crippen molar-refractivity contribution in [1.82, 2.24) is 9.80 Å². The van der Waals surface area contributed by atoms with E-state index in [0.717, 1.165) is 39.2 Å². The molecule has 2 rings (SSSR count). The second-order valence-electron chi connectivity index (χ2n) is 5.94. The molecule has 19 heavy (non-hydrogen) atoms. The molecule has 0 aromatic heterocycles. The fraction of sp³-hybridized carbons (Fsp3) is 0.933. The van der Waals surface area contributed by atoms with Crippen LogP contribution in [0.1, 0.15) is 44.9 Å². The number of nitrogens with zero attached hydrogens (tertiary/aromatic N) is 2. The van der Waals surface area contributed by atoms with Crippen LogP contribution >= 0.6 is 0 Å². The summed E-state index contributed by atoms with van der Waals surface area (Å²) in [6, 6.07) is 0. The van der Waals surface area contributed by atoms with E-state index in [2.05, 4.69) is 11.9 Å². The maximum absolute atomic E-state index is 12.0. The van der Waals surface area contributed by atoms with Crippen LogP contribution in [0.4, 0.5) is 0 Å². The number of ether oxygens (including phenoxy) is 1. The van der Waals surface area contributed by atoms with Crippen LogP contribution in [0.3, 0.4) is 0 Å². The third kappa shape index (κ3) is 5.11. The zero-order chi connectivity index (χ0) is 13.5. The molecule has 0 aromatic carbocycles. The minimum atomic E-state index is 0.352. The molecule has 0 radical (unpaired) electrons. The average Bonchev–Trinajstić information content (AvgIpc) is 2.92. The van der Waals surface area contributed by atoms with Crippen molar-refractivity contribution < 1.29 is 9.53 Å². The van der Waals surface area contributed by atoms with Gasteiger partial charge in [-0.15, -0.1) is 0 Å². The first-order chi connectivity index (χ1) is 9.25. The Morgan fingerprint density at radius 3 is 2.74 bits per heavy atom. The highest BCUT2D eigenvalue weighted by Crippen LogP contribution is 2.13. The first-order valence-electron chi connectivity index (χ1n) is 7.83. The Balaban J connectivity index is 1.55. The zero-order valence-corrected chi connectivity index (χ0v) is 12.3. The van der Waals surface area contributed by atoms with Gasteiger partial charge in [0.05, 0.1) is 6.10 Å². The van der Waals surface area contributed by atoms with E-state index in [-0.39, 0.29) is 0 Å². The molecule has 2 fully saturated rings. The lowest BCUT2D eigenvalue weighted by molar-refractivity contribution is -0.132. The van der Waals surface area contributed by atoms with E-state index in [9.17, 15) is 4.79 Å². The summed E-state index contributed by atoms with van der Waals surface area (Å²) >= 11 is 0. The Morgan fingerprint density at radius 2 is 2.05 bits per heavy atom. The van der Waals surface area contributed by atoms with Crippen LogP contribution in [0, 0.1) is 0 Å². The van der Waals surface area contributed by atoms with Gasteiger partial charge in [-0.25, -0.2) is 0 Å².